The highest BCUT2D eigenvalue weighted by Crippen LogP contribution is 2.25. The van der Waals surface area contributed by atoms with Crippen molar-refractivity contribution in [3.05, 3.63) is 0 Å². The number of rotatable bonds is 10. The number of nitrogens with zero attached hydrogens (tertiary/aromatic N) is 1. The molecule has 0 spiro atoms. The molecule has 3 heteroatoms. The molecule has 0 aromatic carbocycles. The first-order valence-corrected chi connectivity index (χ1v) is 7.87. The van der Waals surface area contributed by atoms with Crippen molar-refractivity contribution in [1.29, 1.82) is 5.26 Å². The summed E-state index contributed by atoms with van der Waals surface area (Å²) in [5.41, 5.74) is 6.66. The minimum Gasteiger partial charge on any atom is -0.325 e. The smallest absolute Gasteiger partial charge is 0.130 e. The predicted octanol–water partition coefficient (Wildman–Crippen LogP) is 5.04. The van der Waals surface area contributed by atoms with Gasteiger partial charge in [-0.1, -0.05) is 78.3 Å². The van der Waals surface area contributed by atoms with E-state index in [0.717, 1.165) is 0 Å². The number of thiol groups is 1. The second-order valence-corrected chi connectivity index (χ2v) is 5.33. The van der Waals surface area contributed by atoms with Crippen molar-refractivity contribution in [2.24, 2.45) is 5.73 Å². The van der Waals surface area contributed by atoms with Crippen molar-refractivity contribution in [2.75, 3.05) is 0 Å². The van der Waals surface area contributed by atoms with Gasteiger partial charge in [0.05, 0.1) is 0 Å². The molecule has 0 saturated heterocycles. The van der Waals surface area contributed by atoms with Gasteiger partial charge in [-0.25, -0.2) is 0 Å². The largest absolute Gasteiger partial charge is 0.325 e. The molecule has 0 unspecified atom stereocenters. The predicted molar refractivity (Wildman–Crippen MR) is 84.7 cm³/mol. The van der Waals surface area contributed by atoms with Crippen LogP contribution in [0.5, 0.6) is 0 Å². The van der Waals surface area contributed by atoms with E-state index >= 15 is 0 Å². The Kier molecular flexibility index (Phi) is 16.6. The van der Waals surface area contributed by atoms with Crippen LogP contribution in [0.3, 0.4) is 0 Å². The van der Waals surface area contributed by atoms with Gasteiger partial charge in [-0.3, -0.25) is 0 Å². The first-order chi connectivity index (χ1) is 8.60. The fourth-order valence-electron chi connectivity index (χ4n) is 2.16. The van der Waals surface area contributed by atoms with Crippen LogP contribution in [0.1, 0.15) is 85.0 Å². The van der Waals surface area contributed by atoms with Crippen molar-refractivity contribution in [3.8, 4) is 5.40 Å². The van der Waals surface area contributed by atoms with Crippen molar-refractivity contribution < 1.29 is 0 Å². The Balaban J connectivity index is 0. The van der Waals surface area contributed by atoms with Crippen LogP contribution in [0.2, 0.25) is 0 Å². The second-order valence-electron chi connectivity index (χ2n) is 5.13. The Morgan fingerprint density at radius 1 is 0.889 bits per heavy atom. The first kappa shape index (κ1) is 20.1. The van der Waals surface area contributed by atoms with Crippen LogP contribution in [0.15, 0.2) is 0 Å². The van der Waals surface area contributed by atoms with Crippen molar-refractivity contribution in [3.63, 3.8) is 0 Å². The van der Waals surface area contributed by atoms with Crippen LogP contribution in [0.4, 0.5) is 0 Å². The SMILES string of the molecule is CCCCCC(N)(CCCC)CCCC.N#CS. The monoisotopic (exact) mass is 272 g/mol. The van der Waals surface area contributed by atoms with Gasteiger partial charge < -0.3 is 5.73 Å². The van der Waals surface area contributed by atoms with Crippen LogP contribution in [0, 0.1) is 10.7 Å². The maximum Gasteiger partial charge on any atom is 0.130 e. The van der Waals surface area contributed by atoms with Crippen LogP contribution >= 0.6 is 12.6 Å². The third kappa shape index (κ3) is 13.9. The molecule has 0 aliphatic carbocycles. The van der Waals surface area contributed by atoms with Crippen LogP contribution in [-0.4, -0.2) is 5.54 Å². The highest BCUT2D eigenvalue weighted by Gasteiger charge is 2.22. The molecule has 108 valence electrons. The molecule has 0 saturated carbocycles. The first-order valence-electron chi connectivity index (χ1n) is 7.42. The average molecular weight is 273 g/mol. The van der Waals surface area contributed by atoms with Gasteiger partial charge in [0.2, 0.25) is 0 Å². The quantitative estimate of drug-likeness (QED) is 0.332. The second kappa shape index (κ2) is 14.9. The Bertz CT molecular complexity index is 191. The van der Waals surface area contributed by atoms with Crippen molar-refractivity contribution >= 4 is 12.6 Å². The van der Waals surface area contributed by atoms with Gasteiger partial charge in [0.25, 0.3) is 0 Å². The fourth-order valence-corrected chi connectivity index (χ4v) is 2.16. The number of nitriles is 1. The molecule has 0 atom stereocenters. The molecule has 0 fully saturated rings. The molecule has 0 aliphatic rings. The highest BCUT2D eigenvalue weighted by atomic mass is 32.1. The van der Waals surface area contributed by atoms with Gasteiger partial charge >= 0.3 is 0 Å². The molecule has 2 nitrogen and oxygen atoms in total. The zero-order valence-corrected chi connectivity index (χ0v) is 13.4. The summed E-state index contributed by atoms with van der Waals surface area (Å²) in [6.45, 7) is 6.77. The normalized spacial score (nSPS) is 10.4. The molecular weight excluding hydrogens is 240 g/mol. The fraction of sp³-hybridized carbons (Fsp3) is 0.933. The molecule has 0 amide bonds. The van der Waals surface area contributed by atoms with E-state index in [1.807, 2.05) is 0 Å². The molecule has 0 aromatic rings. The van der Waals surface area contributed by atoms with Gasteiger partial charge in [-0.05, 0) is 19.3 Å². The lowest BCUT2D eigenvalue weighted by atomic mass is 9.83. The summed E-state index contributed by atoms with van der Waals surface area (Å²) in [6.07, 6.45) is 12.8. The maximum absolute atomic E-state index is 7.18. The summed E-state index contributed by atoms with van der Waals surface area (Å²) in [5.74, 6) is 0. The number of hydrogen-bond acceptors (Lipinski definition) is 3. The highest BCUT2D eigenvalue weighted by molar-refractivity contribution is 7.85. The topological polar surface area (TPSA) is 49.8 Å². The molecule has 0 heterocycles. The van der Waals surface area contributed by atoms with Gasteiger partial charge in [-0.2, -0.15) is 5.26 Å². The summed E-state index contributed by atoms with van der Waals surface area (Å²) in [6, 6.07) is 0. The molecule has 0 aliphatic heterocycles. The Morgan fingerprint density at radius 3 is 1.56 bits per heavy atom. The lowest BCUT2D eigenvalue weighted by Gasteiger charge is -2.29. The Labute approximate surface area is 120 Å². The molecule has 0 radical (unpaired) electrons. The van der Waals surface area contributed by atoms with E-state index in [1.54, 1.807) is 0 Å². The van der Waals surface area contributed by atoms with E-state index in [0.29, 0.717) is 0 Å². The van der Waals surface area contributed by atoms with Gasteiger partial charge in [0, 0.05) is 5.54 Å². The zero-order valence-electron chi connectivity index (χ0n) is 12.5. The summed E-state index contributed by atoms with van der Waals surface area (Å²) in [7, 11) is 0. The molecule has 2 N–H and O–H groups in total. The Morgan fingerprint density at radius 2 is 1.22 bits per heavy atom. The minimum atomic E-state index is 0.154. The zero-order chi connectivity index (χ0) is 14.3. The third-order valence-corrected chi connectivity index (χ3v) is 3.33. The standard InChI is InChI=1S/C14H31N.CHNS/c1-4-7-10-13-14(15,11-8-5-2)12-9-6-3;2-1-3/h4-13,15H2,1-3H3;3H. The third-order valence-electron chi connectivity index (χ3n) is 3.33. The summed E-state index contributed by atoms with van der Waals surface area (Å²) in [5, 5.41) is 8.63. The van der Waals surface area contributed by atoms with Crippen molar-refractivity contribution in [1.82, 2.24) is 0 Å². The van der Waals surface area contributed by atoms with E-state index < -0.39 is 0 Å². The van der Waals surface area contributed by atoms with Crippen LogP contribution in [-0.2, 0) is 0 Å². The molecular formula is C15H32N2S. The van der Waals surface area contributed by atoms with Gasteiger partial charge in [-0.15, -0.1) is 0 Å². The maximum atomic E-state index is 7.18. The van der Waals surface area contributed by atoms with Gasteiger partial charge in [0.1, 0.15) is 5.40 Å². The molecule has 0 bridgehead atoms. The number of unbranched alkanes of at least 4 members (excludes halogenated alkanes) is 4. The summed E-state index contributed by atoms with van der Waals surface area (Å²) in [4.78, 5) is 0. The lowest BCUT2D eigenvalue weighted by Crippen LogP contribution is -2.39. The minimum absolute atomic E-state index is 0.154. The van der Waals surface area contributed by atoms with Gasteiger partial charge in [0.15, 0.2) is 0 Å². The molecule has 18 heavy (non-hydrogen) atoms. The lowest BCUT2D eigenvalue weighted by molar-refractivity contribution is 0.310. The Hall–Kier alpha value is -0.200. The van der Waals surface area contributed by atoms with Crippen LogP contribution in [0.25, 0.3) is 0 Å². The van der Waals surface area contributed by atoms with Crippen molar-refractivity contribution in [2.45, 2.75) is 90.5 Å². The average Bonchev–Trinajstić information content (AvgIpc) is 2.36. The van der Waals surface area contributed by atoms with E-state index in [4.69, 9.17) is 11.0 Å². The van der Waals surface area contributed by atoms with E-state index in [9.17, 15) is 0 Å². The van der Waals surface area contributed by atoms with E-state index in [1.165, 1.54) is 69.6 Å². The molecule has 0 aromatic heterocycles. The molecule has 0 rings (SSSR count). The number of thiocyanates is 1. The van der Waals surface area contributed by atoms with E-state index in [2.05, 4.69) is 33.4 Å². The van der Waals surface area contributed by atoms with Crippen LogP contribution < -0.4 is 5.73 Å². The van der Waals surface area contributed by atoms with E-state index in [-0.39, 0.29) is 5.54 Å². The summed E-state index contributed by atoms with van der Waals surface area (Å²) >= 11 is 3.09. The number of nitrogens with two attached hydrogens (primary N) is 1. The summed E-state index contributed by atoms with van der Waals surface area (Å²) < 4.78 is 0. The number of hydrogen-bond donors (Lipinski definition) is 2.